The Hall–Kier alpha value is -2.32. The van der Waals surface area contributed by atoms with Gasteiger partial charge in [-0.2, -0.15) is 0 Å². The van der Waals surface area contributed by atoms with Crippen LogP contribution >= 0.6 is 0 Å². The zero-order chi connectivity index (χ0) is 19.6. The smallest absolute Gasteiger partial charge is 0.409 e. The minimum Gasteiger partial charge on any atom is -0.450 e. The molecule has 1 aliphatic rings. The van der Waals surface area contributed by atoms with E-state index < -0.39 is 0 Å². The summed E-state index contributed by atoms with van der Waals surface area (Å²) in [6, 6.07) is 0.341. The monoisotopic (exact) mass is 379 g/mol. The van der Waals surface area contributed by atoms with Gasteiger partial charge in [0.25, 0.3) is 0 Å². The van der Waals surface area contributed by atoms with Crippen molar-refractivity contribution in [1.29, 1.82) is 0 Å². The van der Waals surface area contributed by atoms with Gasteiger partial charge < -0.3 is 24.4 Å². The van der Waals surface area contributed by atoms with Crippen molar-refractivity contribution in [3.05, 3.63) is 12.2 Å². The SMILES string of the molecule is CCOC(=O)N1CCN(C(=NCCn2cnnc2CC)NC(C)CC)CC1. The molecule has 1 N–H and O–H groups in total. The number of rotatable bonds is 7. The van der Waals surface area contributed by atoms with Crippen LogP contribution in [0, 0.1) is 0 Å². The van der Waals surface area contributed by atoms with Gasteiger partial charge in [-0.15, -0.1) is 10.2 Å². The summed E-state index contributed by atoms with van der Waals surface area (Å²) in [6.07, 6.45) is 3.41. The summed E-state index contributed by atoms with van der Waals surface area (Å²) in [5.41, 5.74) is 0. The highest BCUT2D eigenvalue weighted by molar-refractivity contribution is 5.80. The van der Waals surface area contributed by atoms with Crippen molar-refractivity contribution in [3.8, 4) is 0 Å². The van der Waals surface area contributed by atoms with Crippen LogP contribution < -0.4 is 5.32 Å². The van der Waals surface area contributed by atoms with E-state index in [1.54, 1.807) is 11.2 Å². The summed E-state index contributed by atoms with van der Waals surface area (Å²) in [4.78, 5) is 20.7. The van der Waals surface area contributed by atoms with Crippen LogP contribution in [-0.2, 0) is 17.7 Å². The van der Waals surface area contributed by atoms with Crippen molar-refractivity contribution in [2.45, 2.75) is 53.1 Å². The average Bonchev–Trinajstić information content (AvgIpc) is 3.15. The molecule has 0 aliphatic carbocycles. The number of carbonyl (C=O) groups excluding carboxylic acids is 1. The first-order chi connectivity index (χ1) is 13.1. The highest BCUT2D eigenvalue weighted by Gasteiger charge is 2.24. The van der Waals surface area contributed by atoms with Crippen LogP contribution in [-0.4, -0.2) is 82.0 Å². The van der Waals surface area contributed by atoms with Crippen molar-refractivity contribution in [2.24, 2.45) is 4.99 Å². The molecule has 9 heteroatoms. The maximum atomic E-state index is 11.9. The Bertz CT molecular complexity index is 609. The molecule has 0 spiro atoms. The molecule has 0 aromatic carbocycles. The largest absolute Gasteiger partial charge is 0.450 e. The molecule has 1 atom stereocenters. The average molecular weight is 380 g/mol. The first-order valence-corrected chi connectivity index (χ1v) is 9.93. The number of guanidine groups is 1. The van der Waals surface area contributed by atoms with E-state index in [0.717, 1.165) is 44.3 Å². The van der Waals surface area contributed by atoms with Crippen molar-refractivity contribution in [1.82, 2.24) is 29.9 Å². The molecule has 1 aliphatic heterocycles. The second-order valence-corrected chi connectivity index (χ2v) is 6.63. The molecular formula is C18H33N7O2. The summed E-state index contributed by atoms with van der Waals surface area (Å²) in [7, 11) is 0. The zero-order valence-corrected chi connectivity index (χ0v) is 17.0. The maximum absolute atomic E-state index is 11.9. The summed E-state index contributed by atoms with van der Waals surface area (Å²) in [5.74, 6) is 1.88. The molecule has 1 aromatic rings. The Balaban J connectivity index is 1.96. The van der Waals surface area contributed by atoms with Crippen LogP contribution in [0.2, 0.25) is 0 Å². The van der Waals surface area contributed by atoms with Crippen molar-refractivity contribution < 1.29 is 9.53 Å². The quantitative estimate of drug-likeness (QED) is 0.568. The van der Waals surface area contributed by atoms with E-state index in [1.807, 2.05) is 11.5 Å². The molecule has 152 valence electrons. The summed E-state index contributed by atoms with van der Waals surface area (Å²) >= 11 is 0. The predicted octanol–water partition coefficient (Wildman–Crippen LogP) is 1.36. The topological polar surface area (TPSA) is 87.9 Å². The molecule has 0 radical (unpaired) electrons. The number of aromatic nitrogens is 3. The molecule has 1 fully saturated rings. The highest BCUT2D eigenvalue weighted by Crippen LogP contribution is 2.06. The Morgan fingerprint density at radius 3 is 2.59 bits per heavy atom. The molecule has 2 heterocycles. The molecule has 9 nitrogen and oxygen atoms in total. The number of piperazine rings is 1. The molecule has 2 rings (SSSR count). The fourth-order valence-electron chi connectivity index (χ4n) is 2.88. The molecule has 27 heavy (non-hydrogen) atoms. The minimum atomic E-state index is -0.231. The fraction of sp³-hybridized carbons (Fsp3) is 0.778. The van der Waals surface area contributed by atoms with Crippen LogP contribution in [0.15, 0.2) is 11.3 Å². The van der Waals surface area contributed by atoms with Crippen molar-refractivity contribution in [3.63, 3.8) is 0 Å². The van der Waals surface area contributed by atoms with Gasteiger partial charge >= 0.3 is 6.09 Å². The van der Waals surface area contributed by atoms with E-state index >= 15 is 0 Å². The van der Waals surface area contributed by atoms with E-state index in [9.17, 15) is 4.79 Å². The molecule has 1 unspecified atom stereocenters. The number of hydrogen-bond acceptors (Lipinski definition) is 5. The van der Waals surface area contributed by atoms with Gasteiger partial charge in [0.15, 0.2) is 5.96 Å². The first kappa shape index (κ1) is 21.0. The first-order valence-electron chi connectivity index (χ1n) is 9.93. The van der Waals surface area contributed by atoms with Crippen LogP contribution in [0.4, 0.5) is 4.79 Å². The van der Waals surface area contributed by atoms with E-state index in [4.69, 9.17) is 9.73 Å². The predicted molar refractivity (Wildman–Crippen MR) is 105 cm³/mol. The Morgan fingerprint density at radius 2 is 1.96 bits per heavy atom. The van der Waals surface area contributed by atoms with Gasteiger partial charge in [0.05, 0.1) is 13.2 Å². The van der Waals surface area contributed by atoms with Gasteiger partial charge in [-0.25, -0.2) is 4.79 Å². The number of aryl methyl sites for hydroxylation is 1. The molecular weight excluding hydrogens is 346 g/mol. The fourth-order valence-corrected chi connectivity index (χ4v) is 2.88. The lowest BCUT2D eigenvalue weighted by atomic mass is 10.2. The number of nitrogens with zero attached hydrogens (tertiary/aromatic N) is 6. The third-order valence-corrected chi connectivity index (χ3v) is 4.71. The molecule has 0 bridgehead atoms. The number of carbonyl (C=O) groups is 1. The second kappa shape index (κ2) is 10.7. The number of hydrogen-bond donors (Lipinski definition) is 1. The Kier molecular flexibility index (Phi) is 8.35. The highest BCUT2D eigenvalue weighted by atomic mass is 16.6. The molecule has 1 amide bonds. The van der Waals surface area contributed by atoms with Crippen LogP contribution in [0.1, 0.15) is 39.9 Å². The molecule has 0 saturated carbocycles. The van der Waals surface area contributed by atoms with Gasteiger partial charge in [0, 0.05) is 45.2 Å². The number of aliphatic imine (C=N–C) groups is 1. The van der Waals surface area contributed by atoms with Gasteiger partial charge in [-0.3, -0.25) is 4.99 Å². The third kappa shape index (κ3) is 6.11. The van der Waals surface area contributed by atoms with Crippen molar-refractivity contribution >= 4 is 12.1 Å². The Labute approximate surface area is 161 Å². The van der Waals surface area contributed by atoms with E-state index in [-0.39, 0.29) is 6.09 Å². The van der Waals surface area contributed by atoms with Gasteiger partial charge in [0.1, 0.15) is 12.2 Å². The number of nitrogens with one attached hydrogen (secondary N) is 1. The van der Waals surface area contributed by atoms with Crippen molar-refractivity contribution in [2.75, 3.05) is 39.3 Å². The third-order valence-electron chi connectivity index (χ3n) is 4.71. The van der Waals surface area contributed by atoms with Crippen LogP contribution in [0.25, 0.3) is 0 Å². The summed E-state index contributed by atoms with van der Waals surface area (Å²) in [5, 5.41) is 11.6. The lowest BCUT2D eigenvalue weighted by molar-refractivity contribution is 0.0913. The van der Waals surface area contributed by atoms with Gasteiger partial charge in [-0.1, -0.05) is 13.8 Å². The lowest BCUT2D eigenvalue weighted by Crippen LogP contribution is -2.55. The molecule has 1 saturated heterocycles. The lowest BCUT2D eigenvalue weighted by Gasteiger charge is -2.36. The zero-order valence-electron chi connectivity index (χ0n) is 17.0. The van der Waals surface area contributed by atoms with Crippen LogP contribution in [0.3, 0.4) is 0 Å². The van der Waals surface area contributed by atoms with E-state index in [1.165, 1.54) is 0 Å². The van der Waals surface area contributed by atoms with Gasteiger partial charge in [-0.05, 0) is 20.3 Å². The summed E-state index contributed by atoms with van der Waals surface area (Å²) in [6.45, 7) is 12.8. The number of amides is 1. The standard InChI is InChI=1S/C18H33N7O2/c1-5-15(4)21-17(19-8-9-25-14-20-22-16(25)6-2)23-10-12-24(13-11-23)18(26)27-7-3/h14-15H,5-13H2,1-4H3,(H,19,21). The second-order valence-electron chi connectivity index (χ2n) is 6.63. The maximum Gasteiger partial charge on any atom is 0.409 e. The van der Waals surface area contributed by atoms with E-state index in [0.29, 0.717) is 32.3 Å². The normalized spacial score (nSPS) is 16.4. The molecule has 1 aromatic heterocycles. The summed E-state index contributed by atoms with van der Waals surface area (Å²) < 4.78 is 7.14. The van der Waals surface area contributed by atoms with E-state index in [2.05, 4.69) is 41.2 Å². The Morgan fingerprint density at radius 1 is 1.26 bits per heavy atom. The minimum absolute atomic E-state index is 0.231. The van der Waals surface area contributed by atoms with Crippen LogP contribution in [0.5, 0.6) is 0 Å². The number of ether oxygens (including phenoxy) is 1. The van der Waals surface area contributed by atoms with Gasteiger partial charge in [0.2, 0.25) is 0 Å².